The van der Waals surface area contributed by atoms with Crippen LogP contribution in [0.1, 0.15) is 10.4 Å². The zero-order valence-electron chi connectivity index (χ0n) is 16.4. The highest BCUT2D eigenvalue weighted by molar-refractivity contribution is 6.11. The molecule has 1 aliphatic heterocycles. The second kappa shape index (κ2) is 8.07. The van der Waals surface area contributed by atoms with Crippen molar-refractivity contribution in [3.63, 3.8) is 0 Å². The van der Waals surface area contributed by atoms with Gasteiger partial charge in [0.15, 0.2) is 5.82 Å². The third-order valence-electron chi connectivity index (χ3n) is 5.09. The van der Waals surface area contributed by atoms with Crippen molar-refractivity contribution < 1.29 is 14.0 Å². The maximum Gasteiger partial charge on any atom is 0.257 e. The summed E-state index contributed by atoms with van der Waals surface area (Å²) in [5.74, 6) is -0.918. The number of nitrogens with one attached hydrogen (secondary N) is 2. The van der Waals surface area contributed by atoms with Crippen molar-refractivity contribution in [3.05, 3.63) is 58.3 Å². The third-order valence-corrected chi connectivity index (χ3v) is 5.09. The van der Waals surface area contributed by atoms with Gasteiger partial charge in [-0.2, -0.15) is 5.10 Å². The third kappa shape index (κ3) is 4.23. The number of anilines is 1. The van der Waals surface area contributed by atoms with Gasteiger partial charge < -0.3 is 20.1 Å². The number of amides is 2. The largest absolute Gasteiger partial charge is 0.339 e. The molecule has 156 valence electrons. The monoisotopic (exact) mass is 412 g/mol. The average molecular weight is 412 g/mol. The molecule has 0 unspecified atom stereocenters. The number of carbonyl (C=O) groups excluding carboxylic acids is 2. The summed E-state index contributed by atoms with van der Waals surface area (Å²) in [6, 6.07) is 6.48. The lowest BCUT2D eigenvalue weighted by Crippen LogP contribution is -2.48. The molecule has 3 aromatic rings. The summed E-state index contributed by atoms with van der Waals surface area (Å²) in [6.07, 6.45) is 1.60. The Balaban J connectivity index is 1.47. The summed E-state index contributed by atoms with van der Waals surface area (Å²) in [5.41, 5.74) is -0.0729. The lowest BCUT2D eigenvalue weighted by atomic mass is 10.1. The van der Waals surface area contributed by atoms with Crippen molar-refractivity contribution in [2.24, 2.45) is 0 Å². The molecule has 0 bridgehead atoms. The second-order valence-electron chi connectivity index (χ2n) is 7.27. The highest BCUT2D eigenvalue weighted by atomic mass is 19.1. The molecule has 0 spiro atoms. The molecule has 1 aromatic carbocycles. The predicted molar refractivity (Wildman–Crippen MR) is 109 cm³/mol. The van der Waals surface area contributed by atoms with E-state index in [1.54, 1.807) is 17.2 Å². The number of nitrogens with zero attached hydrogens (tertiary/aromatic N) is 4. The first-order valence-electron chi connectivity index (χ1n) is 9.53. The number of pyridine rings is 1. The maximum atomic E-state index is 13.6. The van der Waals surface area contributed by atoms with E-state index in [9.17, 15) is 18.8 Å². The number of aromatic nitrogens is 3. The first-order valence-corrected chi connectivity index (χ1v) is 9.53. The molecule has 4 rings (SSSR count). The number of rotatable bonds is 4. The number of H-pyrrole nitrogens is 1. The van der Waals surface area contributed by atoms with Gasteiger partial charge in [-0.05, 0) is 25.2 Å². The molecule has 2 N–H and O–H groups in total. The molecule has 1 saturated heterocycles. The van der Waals surface area contributed by atoms with E-state index >= 15 is 0 Å². The second-order valence-corrected chi connectivity index (χ2v) is 7.27. The minimum absolute atomic E-state index is 0.0383. The van der Waals surface area contributed by atoms with Gasteiger partial charge in [0.05, 0.1) is 5.56 Å². The minimum Gasteiger partial charge on any atom is -0.339 e. The SMILES string of the molecule is CN1CCN(C(=O)Cn2ccc(NC(=O)c3cc(=O)[nH]c4ccc(F)cc34)n2)CC1. The van der Waals surface area contributed by atoms with Crippen molar-refractivity contribution in [3.8, 4) is 0 Å². The number of aromatic amines is 1. The van der Waals surface area contributed by atoms with E-state index < -0.39 is 17.3 Å². The van der Waals surface area contributed by atoms with Crippen molar-refractivity contribution in [2.45, 2.75) is 6.54 Å². The molecule has 0 saturated carbocycles. The Bertz CT molecular complexity index is 1160. The number of hydrogen-bond acceptors (Lipinski definition) is 5. The van der Waals surface area contributed by atoms with Crippen molar-refractivity contribution in [1.82, 2.24) is 24.6 Å². The Kier molecular flexibility index (Phi) is 5.32. The fourth-order valence-corrected chi connectivity index (χ4v) is 3.41. The number of hydrogen-bond donors (Lipinski definition) is 2. The summed E-state index contributed by atoms with van der Waals surface area (Å²) in [6.45, 7) is 3.07. The molecule has 30 heavy (non-hydrogen) atoms. The molecule has 2 amide bonds. The predicted octanol–water partition coefficient (Wildman–Crippen LogP) is 0.890. The highest BCUT2D eigenvalue weighted by Gasteiger charge is 2.20. The van der Waals surface area contributed by atoms with Gasteiger partial charge in [-0.3, -0.25) is 19.1 Å². The van der Waals surface area contributed by atoms with Gasteiger partial charge in [-0.15, -0.1) is 0 Å². The van der Waals surface area contributed by atoms with Crippen LogP contribution in [-0.2, 0) is 11.3 Å². The van der Waals surface area contributed by atoms with Crippen molar-refractivity contribution in [2.75, 3.05) is 38.5 Å². The quantitative estimate of drug-likeness (QED) is 0.663. The van der Waals surface area contributed by atoms with Gasteiger partial charge in [-0.1, -0.05) is 0 Å². The Hall–Kier alpha value is -3.53. The smallest absolute Gasteiger partial charge is 0.257 e. The number of halogens is 1. The average Bonchev–Trinajstić information content (AvgIpc) is 3.14. The highest BCUT2D eigenvalue weighted by Crippen LogP contribution is 2.18. The topological polar surface area (TPSA) is 103 Å². The summed E-state index contributed by atoms with van der Waals surface area (Å²) in [7, 11) is 2.02. The first-order chi connectivity index (χ1) is 14.4. The van der Waals surface area contributed by atoms with Crippen LogP contribution in [0.2, 0.25) is 0 Å². The molecule has 2 aromatic heterocycles. The molecule has 9 nitrogen and oxygen atoms in total. The van der Waals surface area contributed by atoms with Gasteiger partial charge in [-0.25, -0.2) is 4.39 Å². The van der Waals surface area contributed by atoms with E-state index in [0.717, 1.165) is 19.2 Å². The number of piperazine rings is 1. The normalized spacial score (nSPS) is 14.8. The van der Waals surface area contributed by atoms with E-state index in [0.29, 0.717) is 18.6 Å². The van der Waals surface area contributed by atoms with Gasteiger partial charge in [0, 0.05) is 55.4 Å². The molecule has 1 aliphatic rings. The van der Waals surface area contributed by atoms with Gasteiger partial charge in [0.1, 0.15) is 12.4 Å². The van der Waals surface area contributed by atoms with Gasteiger partial charge >= 0.3 is 0 Å². The van der Waals surface area contributed by atoms with Crippen LogP contribution in [-0.4, -0.2) is 69.6 Å². The van der Waals surface area contributed by atoms with Crippen LogP contribution >= 0.6 is 0 Å². The lowest BCUT2D eigenvalue weighted by molar-refractivity contribution is -0.133. The van der Waals surface area contributed by atoms with E-state index in [2.05, 4.69) is 20.3 Å². The Labute approximate surface area is 171 Å². The zero-order chi connectivity index (χ0) is 21.3. The van der Waals surface area contributed by atoms with Crippen LogP contribution in [0.3, 0.4) is 0 Å². The van der Waals surface area contributed by atoms with E-state index in [-0.39, 0.29) is 29.2 Å². The van der Waals surface area contributed by atoms with Crippen LogP contribution < -0.4 is 10.9 Å². The van der Waals surface area contributed by atoms with Crippen LogP contribution in [0.5, 0.6) is 0 Å². The summed E-state index contributed by atoms with van der Waals surface area (Å²) in [4.78, 5) is 43.5. The fraction of sp³-hybridized carbons (Fsp3) is 0.300. The molecule has 0 aliphatic carbocycles. The summed E-state index contributed by atoms with van der Waals surface area (Å²) >= 11 is 0. The molecule has 1 fully saturated rings. The summed E-state index contributed by atoms with van der Waals surface area (Å²) in [5, 5.41) is 7.10. The molecule has 10 heteroatoms. The van der Waals surface area contributed by atoms with Gasteiger partial charge in [0.25, 0.3) is 5.91 Å². The standard InChI is InChI=1S/C20H21FN6O3/c1-25-6-8-26(9-7-25)19(29)12-27-5-4-17(24-27)23-20(30)15-11-18(28)22-16-3-2-13(21)10-14(15)16/h2-5,10-11H,6-9,12H2,1H3,(H,22,28)(H,23,24,30). The van der Waals surface area contributed by atoms with E-state index in [4.69, 9.17) is 0 Å². The van der Waals surface area contributed by atoms with E-state index in [1.807, 2.05) is 7.05 Å². The Morgan fingerprint density at radius 3 is 2.70 bits per heavy atom. The lowest BCUT2D eigenvalue weighted by Gasteiger charge is -2.32. The van der Waals surface area contributed by atoms with Crippen LogP contribution in [0.15, 0.2) is 41.3 Å². The molecule has 3 heterocycles. The number of carbonyl (C=O) groups is 2. The molecule has 0 atom stereocenters. The Morgan fingerprint density at radius 1 is 1.17 bits per heavy atom. The van der Waals surface area contributed by atoms with Crippen LogP contribution in [0.25, 0.3) is 10.9 Å². The Morgan fingerprint density at radius 2 is 1.93 bits per heavy atom. The number of benzene rings is 1. The minimum atomic E-state index is -0.590. The van der Waals surface area contributed by atoms with Crippen molar-refractivity contribution >= 4 is 28.5 Å². The van der Waals surface area contributed by atoms with Crippen LogP contribution in [0.4, 0.5) is 10.2 Å². The van der Waals surface area contributed by atoms with Gasteiger partial charge in [0.2, 0.25) is 11.5 Å². The molecule has 0 radical (unpaired) electrons. The fourth-order valence-electron chi connectivity index (χ4n) is 3.41. The van der Waals surface area contributed by atoms with Crippen molar-refractivity contribution in [1.29, 1.82) is 0 Å². The van der Waals surface area contributed by atoms with E-state index in [1.165, 1.54) is 22.9 Å². The first kappa shape index (κ1) is 19.8. The zero-order valence-corrected chi connectivity index (χ0v) is 16.4. The number of fused-ring (bicyclic) bond motifs is 1. The maximum absolute atomic E-state index is 13.6. The van der Waals surface area contributed by atoms with Crippen LogP contribution in [0, 0.1) is 5.82 Å². The number of likely N-dealkylation sites (N-methyl/N-ethyl adjacent to an activating group) is 1. The molecular weight excluding hydrogens is 391 g/mol. The molecular formula is C20H21FN6O3. The summed E-state index contributed by atoms with van der Waals surface area (Å²) < 4.78 is 15.1.